The Morgan fingerprint density at radius 1 is 1.26 bits per heavy atom. The molecule has 3 atom stereocenters. The van der Waals surface area contributed by atoms with Crippen molar-refractivity contribution in [1.82, 2.24) is 15.2 Å². The van der Waals surface area contributed by atoms with Gasteiger partial charge in [0.15, 0.2) is 0 Å². The molecule has 34 heavy (non-hydrogen) atoms. The number of nitrogens with zero attached hydrogens (tertiary/aromatic N) is 2. The largest absolute Gasteiger partial charge is 0.477 e. The van der Waals surface area contributed by atoms with Crippen LogP contribution in [0.4, 0.5) is 0 Å². The van der Waals surface area contributed by atoms with Crippen LogP contribution in [0.2, 0.25) is 0 Å². The lowest BCUT2D eigenvalue weighted by atomic mass is 10.0. The summed E-state index contributed by atoms with van der Waals surface area (Å²) in [7, 11) is 0. The third-order valence-electron chi connectivity index (χ3n) is 5.33. The van der Waals surface area contributed by atoms with Crippen LogP contribution >= 0.6 is 23.5 Å². The molecular weight excluding hydrogens is 478 g/mol. The van der Waals surface area contributed by atoms with E-state index in [1.165, 1.54) is 46.9 Å². The SMILES string of the molecule is CSCC1=C(C(=O)O)N2C(=O)C(NC(=O)C(OC(=O)c3cccnc3)c3ccccc3)[C@@H]2SC1. The Morgan fingerprint density at radius 2 is 2.03 bits per heavy atom. The van der Waals surface area contributed by atoms with E-state index in [4.69, 9.17) is 4.74 Å². The van der Waals surface area contributed by atoms with Crippen molar-refractivity contribution in [3.63, 3.8) is 0 Å². The van der Waals surface area contributed by atoms with E-state index in [-0.39, 0.29) is 11.3 Å². The molecule has 0 spiro atoms. The minimum atomic E-state index is -1.30. The van der Waals surface area contributed by atoms with Gasteiger partial charge in [-0.05, 0) is 24.0 Å². The van der Waals surface area contributed by atoms with E-state index in [2.05, 4.69) is 10.3 Å². The first kappa shape index (κ1) is 23.8. The number of aromatic nitrogens is 1. The molecule has 0 saturated carbocycles. The summed E-state index contributed by atoms with van der Waals surface area (Å²) in [6.45, 7) is 0. The molecular formula is C23H21N3O6S2. The predicted molar refractivity (Wildman–Crippen MR) is 127 cm³/mol. The van der Waals surface area contributed by atoms with Crippen LogP contribution in [-0.2, 0) is 19.1 Å². The maximum Gasteiger partial charge on any atom is 0.352 e. The van der Waals surface area contributed by atoms with E-state index in [0.717, 1.165) is 0 Å². The van der Waals surface area contributed by atoms with E-state index in [9.17, 15) is 24.3 Å². The molecule has 4 rings (SSSR count). The third kappa shape index (κ3) is 4.66. The molecule has 1 aromatic heterocycles. The molecule has 2 amide bonds. The number of pyridine rings is 1. The lowest BCUT2D eigenvalue weighted by Gasteiger charge is -2.49. The number of carboxylic acids is 1. The first-order valence-corrected chi connectivity index (χ1v) is 12.7. The first-order valence-electron chi connectivity index (χ1n) is 10.3. The summed E-state index contributed by atoms with van der Waals surface area (Å²) in [6, 6.07) is 10.6. The Bertz CT molecular complexity index is 1140. The van der Waals surface area contributed by atoms with E-state index in [1.807, 2.05) is 6.26 Å². The van der Waals surface area contributed by atoms with Gasteiger partial charge in [0.2, 0.25) is 6.10 Å². The average molecular weight is 500 g/mol. The number of benzene rings is 1. The van der Waals surface area contributed by atoms with Crippen LogP contribution in [0.15, 0.2) is 66.1 Å². The Balaban J connectivity index is 1.53. The number of carboxylic acid groups (broad SMARTS) is 1. The normalized spacial score (nSPS) is 20.1. The van der Waals surface area contributed by atoms with Gasteiger partial charge in [-0.3, -0.25) is 19.5 Å². The number of aliphatic carboxylic acids is 1. The summed E-state index contributed by atoms with van der Waals surface area (Å²) in [5, 5.41) is 11.8. The highest BCUT2D eigenvalue weighted by Gasteiger charge is 2.54. The molecule has 2 aliphatic heterocycles. The molecule has 0 radical (unpaired) electrons. The topological polar surface area (TPSA) is 126 Å². The number of thioether (sulfide) groups is 2. The van der Waals surface area contributed by atoms with Crippen LogP contribution in [0.1, 0.15) is 22.0 Å². The van der Waals surface area contributed by atoms with Crippen molar-refractivity contribution >= 4 is 47.3 Å². The summed E-state index contributed by atoms with van der Waals surface area (Å²) in [4.78, 5) is 55.6. The Labute approximate surface area is 203 Å². The van der Waals surface area contributed by atoms with Crippen LogP contribution in [0.25, 0.3) is 0 Å². The van der Waals surface area contributed by atoms with Gasteiger partial charge in [-0.2, -0.15) is 11.8 Å². The summed E-state index contributed by atoms with van der Waals surface area (Å²) >= 11 is 2.87. The lowest BCUT2D eigenvalue weighted by Crippen LogP contribution is -2.71. The first-order chi connectivity index (χ1) is 16.4. The number of esters is 1. The minimum absolute atomic E-state index is 0.0174. The molecule has 11 heteroatoms. The van der Waals surface area contributed by atoms with Gasteiger partial charge in [0.25, 0.3) is 11.8 Å². The second kappa shape index (κ2) is 10.3. The van der Waals surface area contributed by atoms with Crippen molar-refractivity contribution in [3.8, 4) is 0 Å². The number of nitrogens with one attached hydrogen (secondary N) is 1. The van der Waals surface area contributed by atoms with E-state index < -0.39 is 41.3 Å². The van der Waals surface area contributed by atoms with Crippen molar-refractivity contribution in [1.29, 1.82) is 0 Å². The van der Waals surface area contributed by atoms with E-state index >= 15 is 0 Å². The van der Waals surface area contributed by atoms with E-state index in [0.29, 0.717) is 22.6 Å². The quantitative estimate of drug-likeness (QED) is 0.415. The fourth-order valence-electron chi connectivity index (χ4n) is 3.76. The second-order valence-electron chi connectivity index (χ2n) is 7.52. The molecule has 2 aromatic rings. The number of amides is 2. The summed E-state index contributed by atoms with van der Waals surface area (Å²) < 4.78 is 5.50. The summed E-state index contributed by atoms with van der Waals surface area (Å²) in [6.07, 6.45) is 3.41. The standard InChI is InChI=1S/C23H21N3O6S2/c1-33-11-15-12-34-21-16(20(28)26(21)17(15)22(29)30)25-19(27)18(13-6-3-2-4-7-13)32-23(31)14-8-5-9-24-10-14/h2-10,16,18,21H,11-12H2,1H3,(H,25,27)(H,29,30)/t16?,18?,21-/m0/s1. The zero-order valence-electron chi connectivity index (χ0n) is 18.0. The fraction of sp³-hybridized carbons (Fsp3) is 0.261. The van der Waals surface area contributed by atoms with Crippen molar-refractivity contribution in [2.75, 3.05) is 17.8 Å². The fourth-order valence-corrected chi connectivity index (χ4v) is 5.82. The Kier molecular flexibility index (Phi) is 7.23. The van der Waals surface area contributed by atoms with Crippen LogP contribution in [0, 0.1) is 0 Å². The number of rotatable bonds is 8. The number of carbonyl (C=O) groups excluding carboxylic acids is 3. The Morgan fingerprint density at radius 3 is 2.68 bits per heavy atom. The highest BCUT2D eigenvalue weighted by Crippen LogP contribution is 2.41. The number of carbonyl (C=O) groups is 4. The maximum atomic E-state index is 13.2. The zero-order chi connectivity index (χ0) is 24.2. The molecule has 1 fully saturated rings. The van der Waals surface area contributed by atoms with Gasteiger partial charge in [-0.15, -0.1) is 11.8 Å². The monoisotopic (exact) mass is 499 g/mol. The maximum absolute atomic E-state index is 13.2. The smallest absolute Gasteiger partial charge is 0.352 e. The Hall–Kier alpha value is -3.31. The average Bonchev–Trinajstić information content (AvgIpc) is 2.86. The lowest BCUT2D eigenvalue weighted by molar-refractivity contribution is -0.151. The number of ether oxygens (including phenoxy) is 1. The van der Waals surface area contributed by atoms with Crippen LogP contribution in [0.5, 0.6) is 0 Å². The van der Waals surface area contributed by atoms with Crippen LogP contribution < -0.4 is 5.32 Å². The number of hydrogen-bond donors (Lipinski definition) is 2. The van der Waals surface area contributed by atoms with Crippen molar-refractivity contribution in [2.45, 2.75) is 17.5 Å². The molecule has 0 bridgehead atoms. The summed E-state index contributed by atoms with van der Waals surface area (Å²) in [5.41, 5.74) is 1.27. The molecule has 9 nitrogen and oxygen atoms in total. The predicted octanol–water partition coefficient (Wildman–Crippen LogP) is 2.08. The minimum Gasteiger partial charge on any atom is -0.477 e. The molecule has 2 aliphatic rings. The molecule has 176 valence electrons. The van der Waals surface area contributed by atoms with E-state index in [1.54, 1.807) is 36.4 Å². The van der Waals surface area contributed by atoms with Gasteiger partial charge in [0.05, 0.1) is 5.56 Å². The number of fused-ring (bicyclic) bond motifs is 1. The molecule has 2 unspecified atom stereocenters. The molecule has 2 N–H and O–H groups in total. The highest BCUT2D eigenvalue weighted by atomic mass is 32.2. The van der Waals surface area contributed by atoms with Gasteiger partial charge in [-0.25, -0.2) is 9.59 Å². The van der Waals surface area contributed by atoms with Crippen LogP contribution in [-0.4, -0.2) is 67.9 Å². The zero-order valence-corrected chi connectivity index (χ0v) is 19.7. The van der Waals surface area contributed by atoms with Gasteiger partial charge < -0.3 is 15.2 Å². The van der Waals surface area contributed by atoms with Crippen LogP contribution in [0.3, 0.4) is 0 Å². The molecule has 3 heterocycles. The summed E-state index contributed by atoms with van der Waals surface area (Å²) in [5.74, 6) is -2.13. The van der Waals surface area contributed by atoms with Gasteiger partial charge in [0.1, 0.15) is 17.1 Å². The molecule has 0 aliphatic carbocycles. The molecule has 1 aromatic carbocycles. The third-order valence-corrected chi connectivity index (χ3v) is 7.31. The van der Waals surface area contributed by atoms with Gasteiger partial charge in [-0.1, -0.05) is 30.3 Å². The highest BCUT2D eigenvalue weighted by molar-refractivity contribution is 8.00. The van der Waals surface area contributed by atoms with Gasteiger partial charge in [0, 0.05) is 29.5 Å². The van der Waals surface area contributed by atoms with Crippen molar-refractivity contribution in [3.05, 3.63) is 77.3 Å². The number of β-lactam (4-membered cyclic amide) rings is 1. The van der Waals surface area contributed by atoms with Crippen molar-refractivity contribution in [2.24, 2.45) is 0 Å². The molecule has 1 saturated heterocycles. The van der Waals surface area contributed by atoms with Gasteiger partial charge >= 0.3 is 11.9 Å². The second-order valence-corrected chi connectivity index (χ2v) is 9.50. The van der Waals surface area contributed by atoms with Crippen molar-refractivity contribution < 1.29 is 29.0 Å². The number of hydrogen-bond acceptors (Lipinski definition) is 8.